The molecule has 24 heavy (non-hydrogen) atoms. The van der Waals surface area contributed by atoms with Gasteiger partial charge in [-0.2, -0.15) is 0 Å². The fourth-order valence-electron chi connectivity index (χ4n) is 3.19. The largest absolute Gasteiger partial charge is 0.356 e. The molecule has 0 aromatic heterocycles. The van der Waals surface area contributed by atoms with Crippen LogP contribution in [0, 0.1) is 0 Å². The number of rotatable bonds is 5. The van der Waals surface area contributed by atoms with E-state index in [2.05, 4.69) is 45.9 Å². The summed E-state index contributed by atoms with van der Waals surface area (Å²) < 4.78 is 0. The summed E-state index contributed by atoms with van der Waals surface area (Å²) in [6.07, 6.45) is 0.202. The van der Waals surface area contributed by atoms with E-state index in [0.29, 0.717) is 19.6 Å². The van der Waals surface area contributed by atoms with Crippen LogP contribution in [0.4, 0.5) is 0 Å². The Morgan fingerprint density at radius 1 is 1.25 bits per heavy atom. The van der Waals surface area contributed by atoms with Crippen molar-refractivity contribution in [2.24, 2.45) is 0 Å². The molecule has 0 spiro atoms. The molecular formula is C19H23N3O2. The fourth-order valence-corrected chi connectivity index (χ4v) is 3.19. The van der Waals surface area contributed by atoms with Crippen molar-refractivity contribution in [1.82, 2.24) is 15.5 Å². The van der Waals surface area contributed by atoms with Gasteiger partial charge in [-0.05, 0) is 29.3 Å². The van der Waals surface area contributed by atoms with Crippen molar-refractivity contribution in [2.45, 2.75) is 25.9 Å². The summed E-state index contributed by atoms with van der Waals surface area (Å²) >= 11 is 0. The van der Waals surface area contributed by atoms with E-state index >= 15 is 0 Å². The first kappa shape index (κ1) is 16.5. The van der Waals surface area contributed by atoms with Crippen LogP contribution >= 0.6 is 0 Å². The molecule has 0 bridgehead atoms. The zero-order valence-corrected chi connectivity index (χ0v) is 13.9. The molecule has 1 atom stereocenters. The number of nitrogens with one attached hydrogen (secondary N) is 2. The molecule has 2 aromatic rings. The van der Waals surface area contributed by atoms with Gasteiger partial charge in [0.2, 0.25) is 11.8 Å². The Kier molecular flexibility index (Phi) is 5.11. The van der Waals surface area contributed by atoms with Crippen molar-refractivity contribution in [3.63, 3.8) is 0 Å². The van der Waals surface area contributed by atoms with Crippen LogP contribution in [0.3, 0.4) is 0 Å². The Hall–Kier alpha value is -2.40. The predicted octanol–water partition coefficient (Wildman–Crippen LogP) is 1.67. The third-order valence-electron chi connectivity index (χ3n) is 4.39. The van der Waals surface area contributed by atoms with Gasteiger partial charge in [0.1, 0.15) is 0 Å². The smallest absolute Gasteiger partial charge is 0.237 e. The molecular weight excluding hydrogens is 302 g/mol. The molecule has 2 amide bonds. The molecule has 0 saturated carbocycles. The molecule has 0 unspecified atom stereocenters. The third kappa shape index (κ3) is 3.74. The zero-order chi connectivity index (χ0) is 16.9. The zero-order valence-electron chi connectivity index (χ0n) is 13.9. The maximum atomic E-state index is 12.2. The maximum absolute atomic E-state index is 12.2. The van der Waals surface area contributed by atoms with Gasteiger partial charge in [0.15, 0.2) is 0 Å². The topological polar surface area (TPSA) is 61.4 Å². The summed E-state index contributed by atoms with van der Waals surface area (Å²) in [5, 5.41) is 8.04. The van der Waals surface area contributed by atoms with Gasteiger partial charge in [-0.25, -0.2) is 0 Å². The van der Waals surface area contributed by atoms with E-state index < -0.39 is 6.04 Å². The van der Waals surface area contributed by atoms with E-state index in [1.807, 2.05) is 19.1 Å². The quantitative estimate of drug-likeness (QED) is 0.879. The first-order chi connectivity index (χ1) is 11.7. The van der Waals surface area contributed by atoms with Gasteiger partial charge in [-0.3, -0.25) is 14.5 Å². The van der Waals surface area contributed by atoms with Crippen molar-refractivity contribution < 1.29 is 9.59 Å². The highest BCUT2D eigenvalue weighted by Crippen LogP contribution is 2.19. The minimum Gasteiger partial charge on any atom is -0.356 e. The summed E-state index contributed by atoms with van der Waals surface area (Å²) in [7, 11) is 0. The average molecular weight is 325 g/mol. The second kappa shape index (κ2) is 7.45. The van der Waals surface area contributed by atoms with Gasteiger partial charge in [-0.15, -0.1) is 0 Å². The molecule has 126 valence electrons. The van der Waals surface area contributed by atoms with Gasteiger partial charge >= 0.3 is 0 Å². The van der Waals surface area contributed by atoms with E-state index in [-0.39, 0.29) is 18.2 Å². The number of amides is 2. The molecule has 1 aliphatic rings. The number of carbonyl (C=O) groups excluding carboxylic acids is 2. The predicted molar refractivity (Wildman–Crippen MR) is 94.5 cm³/mol. The minimum atomic E-state index is -0.406. The van der Waals surface area contributed by atoms with Crippen LogP contribution in [-0.4, -0.2) is 42.4 Å². The van der Waals surface area contributed by atoms with Crippen molar-refractivity contribution >= 4 is 22.6 Å². The molecule has 2 aromatic carbocycles. The van der Waals surface area contributed by atoms with E-state index in [1.54, 1.807) is 0 Å². The van der Waals surface area contributed by atoms with Gasteiger partial charge in [0.25, 0.3) is 0 Å². The summed E-state index contributed by atoms with van der Waals surface area (Å²) in [6, 6.07) is 14.2. The van der Waals surface area contributed by atoms with Gasteiger partial charge in [0, 0.05) is 26.2 Å². The highest BCUT2D eigenvalue weighted by molar-refractivity contribution is 5.89. The summed E-state index contributed by atoms with van der Waals surface area (Å²) in [4.78, 5) is 26.2. The van der Waals surface area contributed by atoms with Crippen LogP contribution in [0.25, 0.3) is 10.8 Å². The number of hydrogen-bond acceptors (Lipinski definition) is 3. The van der Waals surface area contributed by atoms with Crippen LogP contribution < -0.4 is 10.6 Å². The third-order valence-corrected chi connectivity index (χ3v) is 4.39. The summed E-state index contributed by atoms with van der Waals surface area (Å²) in [5.74, 6) is -0.142. The summed E-state index contributed by atoms with van der Waals surface area (Å²) in [6.45, 7) is 4.51. The van der Waals surface area contributed by atoms with E-state index in [0.717, 1.165) is 12.1 Å². The number of hydrogen-bond donors (Lipinski definition) is 2. The first-order valence-corrected chi connectivity index (χ1v) is 8.43. The number of fused-ring (bicyclic) bond motifs is 1. The maximum Gasteiger partial charge on any atom is 0.237 e. The second-order valence-electron chi connectivity index (χ2n) is 6.12. The molecule has 5 nitrogen and oxygen atoms in total. The lowest BCUT2D eigenvalue weighted by Gasteiger charge is -2.34. The second-order valence-corrected chi connectivity index (χ2v) is 6.12. The van der Waals surface area contributed by atoms with Crippen LogP contribution in [0.1, 0.15) is 18.9 Å². The number of benzene rings is 2. The van der Waals surface area contributed by atoms with Crippen LogP contribution in [0.15, 0.2) is 42.5 Å². The van der Waals surface area contributed by atoms with Gasteiger partial charge in [0.05, 0.1) is 12.5 Å². The number of piperazine rings is 1. The lowest BCUT2D eigenvalue weighted by Crippen LogP contribution is -2.56. The van der Waals surface area contributed by atoms with Crippen molar-refractivity contribution in [3.8, 4) is 0 Å². The first-order valence-electron chi connectivity index (χ1n) is 8.43. The number of carbonyl (C=O) groups is 2. The molecule has 5 heteroatoms. The SMILES string of the molecule is CCNC(=O)C[C@@H]1C(=O)NCCN1Cc1ccc2ccccc2c1. The Labute approximate surface area is 142 Å². The Balaban J connectivity index is 1.76. The Bertz CT molecular complexity index is 744. The normalized spacial score (nSPS) is 18.4. The lowest BCUT2D eigenvalue weighted by molar-refractivity contribution is -0.134. The van der Waals surface area contributed by atoms with Crippen LogP contribution in [0.5, 0.6) is 0 Å². The van der Waals surface area contributed by atoms with E-state index in [4.69, 9.17) is 0 Å². The Morgan fingerprint density at radius 2 is 2.04 bits per heavy atom. The standard InChI is InChI=1S/C19H23N3O2/c1-2-20-18(23)12-17-19(24)21-9-10-22(17)13-14-7-8-15-5-3-4-6-16(15)11-14/h3-8,11,17H,2,9-10,12-13H2,1H3,(H,20,23)(H,21,24)/t17-/m1/s1. The summed E-state index contributed by atoms with van der Waals surface area (Å²) in [5.41, 5.74) is 1.16. The molecule has 1 aliphatic heterocycles. The van der Waals surface area contributed by atoms with Crippen molar-refractivity contribution in [2.75, 3.05) is 19.6 Å². The molecule has 1 saturated heterocycles. The van der Waals surface area contributed by atoms with Crippen molar-refractivity contribution in [1.29, 1.82) is 0 Å². The Morgan fingerprint density at radius 3 is 2.83 bits per heavy atom. The van der Waals surface area contributed by atoms with Gasteiger partial charge in [-0.1, -0.05) is 36.4 Å². The number of nitrogens with zero attached hydrogens (tertiary/aromatic N) is 1. The van der Waals surface area contributed by atoms with E-state index in [9.17, 15) is 9.59 Å². The molecule has 1 heterocycles. The molecule has 1 fully saturated rings. The molecule has 0 aliphatic carbocycles. The minimum absolute atomic E-state index is 0.0618. The average Bonchev–Trinajstić information content (AvgIpc) is 2.58. The highest BCUT2D eigenvalue weighted by Gasteiger charge is 2.31. The van der Waals surface area contributed by atoms with E-state index in [1.165, 1.54) is 10.8 Å². The fraction of sp³-hybridized carbons (Fsp3) is 0.368. The van der Waals surface area contributed by atoms with Gasteiger partial charge < -0.3 is 10.6 Å². The molecule has 0 radical (unpaired) electrons. The lowest BCUT2D eigenvalue weighted by atomic mass is 10.0. The molecule has 3 rings (SSSR count). The van der Waals surface area contributed by atoms with Crippen molar-refractivity contribution in [3.05, 3.63) is 48.0 Å². The van der Waals surface area contributed by atoms with Crippen LogP contribution in [0.2, 0.25) is 0 Å². The monoisotopic (exact) mass is 325 g/mol. The highest BCUT2D eigenvalue weighted by atomic mass is 16.2. The van der Waals surface area contributed by atoms with Crippen LogP contribution in [-0.2, 0) is 16.1 Å². The molecule has 2 N–H and O–H groups in total.